The molecule has 168 valence electrons. The molecule has 2 aromatic carbocycles. The van der Waals surface area contributed by atoms with Crippen molar-refractivity contribution in [2.45, 2.75) is 27.7 Å². The monoisotopic (exact) mass is 482 g/mol. The second-order valence-corrected chi connectivity index (χ2v) is 11.0. The molecule has 0 unspecified atom stereocenters. The van der Waals surface area contributed by atoms with Gasteiger partial charge in [-0.2, -0.15) is 0 Å². The zero-order chi connectivity index (χ0) is 23.7. The van der Waals surface area contributed by atoms with Crippen molar-refractivity contribution in [3.8, 4) is 26.1 Å². The Balaban J connectivity index is 1.46. The van der Waals surface area contributed by atoms with Crippen molar-refractivity contribution in [2.75, 3.05) is 0 Å². The Morgan fingerprint density at radius 2 is 1.32 bits per heavy atom. The molecule has 1 aliphatic heterocycles. The lowest BCUT2D eigenvalue weighted by atomic mass is 10.0. The third-order valence-electron chi connectivity index (χ3n) is 6.57. The van der Waals surface area contributed by atoms with E-state index in [-0.39, 0.29) is 11.8 Å². The van der Waals surface area contributed by atoms with Crippen molar-refractivity contribution < 1.29 is 9.90 Å². The van der Waals surface area contributed by atoms with E-state index < -0.39 is 0 Å². The standard InChI is InChI=1S/C28H22N2O2S2/c1-13-5-7-15(3)25-21(13)23(27(31)29-25)19-11-9-17(33-19)18-10-12-20(34-18)24-22-14(2)6-8-16(4)26(22)30-28(24)32/h5-12,29,31H,1-4H3. The van der Waals surface area contributed by atoms with Crippen LogP contribution >= 0.6 is 22.7 Å². The summed E-state index contributed by atoms with van der Waals surface area (Å²) in [5.74, 6) is 0.0334. The Kier molecular flexibility index (Phi) is 4.66. The van der Waals surface area contributed by atoms with Gasteiger partial charge < -0.3 is 10.1 Å². The molecule has 6 rings (SSSR count). The van der Waals surface area contributed by atoms with E-state index in [9.17, 15) is 9.90 Å². The number of nitrogens with zero attached hydrogens (tertiary/aromatic N) is 1. The van der Waals surface area contributed by atoms with E-state index in [0.29, 0.717) is 5.57 Å². The molecule has 4 heterocycles. The summed E-state index contributed by atoms with van der Waals surface area (Å²) in [6.07, 6.45) is 0. The minimum absolute atomic E-state index is 0.165. The van der Waals surface area contributed by atoms with E-state index in [0.717, 1.165) is 68.8 Å². The molecule has 0 saturated heterocycles. The van der Waals surface area contributed by atoms with Crippen LogP contribution in [0.25, 0.3) is 36.7 Å². The molecule has 0 saturated carbocycles. The lowest BCUT2D eigenvalue weighted by molar-refractivity contribution is -0.112. The first-order chi connectivity index (χ1) is 16.3. The summed E-state index contributed by atoms with van der Waals surface area (Å²) in [5, 5.41) is 13.6. The topological polar surface area (TPSA) is 65.4 Å². The zero-order valence-electron chi connectivity index (χ0n) is 19.2. The normalized spacial score (nSPS) is 13.1. The summed E-state index contributed by atoms with van der Waals surface area (Å²) in [7, 11) is 0. The molecular formula is C28H22N2O2S2. The van der Waals surface area contributed by atoms with Gasteiger partial charge in [-0.05, 0) is 74.2 Å². The number of aromatic amines is 1. The van der Waals surface area contributed by atoms with Gasteiger partial charge in [0.25, 0.3) is 5.91 Å². The first-order valence-corrected chi connectivity index (χ1v) is 12.7. The van der Waals surface area contributed by atoms with Gasteiger partial charge in [-0.15, -0.1) is 22.7 Å². The van der Waals surface area contributed by atoms with Gasteiger partial charge in [0.2, 0.25) is 0 Å². The predicted molar refractivity (Wildman–Crippen MR) is 140 cm³/mol. The van der Waals surface area contributed by atoms with Gasteiger partial charge >= 0.3 is 0 Å². The van der Waals surface area contributed by atoms with Crippen LogP contribution in [0.2, 0.25) is 0 Å². The number of aryl methyl sites for hydroxylation is 4. The number of amides is 1. The number of aromatic nitrogens is 1. The van der Waals surface area contributed by atoms with Crippen LogP contribution in [0.4, 0.5) is 0 Å². The summed E-state index contributed by atoms with van der Waals surface area (Å²) in [5.41, 5.74) is 6.85. The van der Waals surface area contributed by atoms with Crippen LogP contribution < -0.4 is 10.6 Å². The molecule has 34 heavy (non-hydrogen) atoms. The lowest BCUT2D eigenvalue weighted by Crippen LogP contribution is -2.28. The smallest absolute Gasteiger partial charge is 0.279 e. The fourth-order valence-corrected chi connectivity index (χ4v) is 6.99. The second kappa shape index (κ2) is 7.52. The molecule has 2 N–H and O–H groups in total. The lowest BCUT2D eigenvalue weighted by Gasteiger charge is -2.02. The summed E-state index contributed by atoms with van der Waals surface area (Å²) in [6, 6.07) is 16.5. The fourth-order valence-electron chi connectivity index (χ4n) is 4.79. The molecule has 4 nitrogen and oxygen atoms in total. The Morgan fingerprint density at radius 3 is 2.09 bits per heavy atom. The third-order valence-corrected chi connectivity index (χ3v) is 8.97. The van der Waals surface area contributed by atoms with Crippen LogP contribution in [0.3, 0.4) is 0 Å². The Hall–Kier alpha value is -3.48. The number of benzene rings is 2. The van der Waals surface area contributed by atoms with Crippen molar-refractivity contribution in [3.05, 3.63) is 86.2 Å². The second-order valence-electron chi connectivity index (χ2n) is 8.84. The van der Waals surface area contributed by atoms with Crippen LogP contribution in [-0.2, 0) is 4.79 Å². The number of aromatic hydroxyl groups is 1. The molecule has 0 fully saturated rings. The summed E-state index contributed by atoms with van der Waals surface area (Å²) in [4.78, 5) is 24.5. The predicted octanol–water partition coefficient (Wildman–Crippen LogP) is 5.92. The number of thiophene rings is 2. The number of hydrogen-bond donors (Lipinski definition) is 2. The minimum Gasteiger partial charge on any atom is -0.494 e. The Morgan fingerprint density at radius 1 is 0.735 bits per heavy atom. The first kappa shape index (κ1) is 21.1. The van der Waals surface area contributed by atoms with E-state index in [1.165, 1.54) is 0 Å². The van der Waals surface area contributed by atoms with Crippen LogP contribution in [-0.4, -0.2) is 16.0 Å². The van der Waals surface area contributed by atoms with Gasteiger partial charge in [0.15, 0.2) is 5.88 Å². The maximum Gasteiger partial charge on any atom is 0.279 e. The zero-order valence-corrected chi connectivity index (χ0v) is 20.9. The van der Waals surface area contributed by atoms with Crippen molar-refractivity contribution in [1.82, 2.24) is 4.98 Å². The number of nitrogens with one attached hydrogen (secondary N) is 1. The largest absolute Gasteiger partial charge is 0.494 e. The van der Waals surface area contributed by atoms with Crippen molar-refractivity contribution in [3.63, 3.8) is 0 Å². The minimum atomic E-state index is -0.165. The summed E-state index contributed by atoms with van der Waals surface area (Å²) >= 11 is 3.26. The van der Waals surface area contributed by atoms with E-state index in [4.69, 9.17) is 0 Å². The molecule has 1 aliphatic rings. The van der Waals surface area contributed by atoms with Gasteiger partial charge in [-0.25, -0.2) is 4.99 Å². The van der Waals surface area contributed by atoms with Crippen LogP contribution in [0, 0.1) is 27.7 Å². The fraction of sp³-hybridized carbons (Fsp3) is 0.143. The average molecular weight is 483 g/mol. The number of fused-ring (bicyclic) bond motifs is 2. The summed E-state index contributed by atoms with van der Waals surface area (Å²) in [6.45, 7) is 8.14. The molecule has 0 radical (unpaired) electrons. The molecule has 0 aliphatic carbocycles. The van der Waals surface area contributed by atoms with Crippen LogP contribution in [0.5, 0.6) is 5.88 Å². The number of carbonyl (C=O) groups is 1. The number of rotatable bonds is 3. The van der Waals surface area contributed by atoms with Crippen molar-refractivity contribution >= 4 is 45.1 Å². The highest BCUT2D eigenvalue weighted by Gasteiger charge is 2.23. The highest BCUT2D eigenvalue weighted by Crippen LogP contribution is 2.45. The Labute approximate surface area is 204 Å². The third kappa shape index (κ3) is 3.02. The van der Waals surface area contributed by atoms with Crippen LogP contribution in [0.1, 0.15) is 27.1 Å². The van der Waals surface area contributed by atoms with Gasteiger partial charge in [-0.3, -0.25) is 4.79 Å². The van der Waals surface area contributed by atoms with Gasteiger partial charge in [-0.1, -0.05) is 24.3 Å². The highest BCUT2D eigenvalue weighted by atomic mass is 32.1. The molecular weight excluding hydrogens is 460 g/mol. The molecule has 1 amide bonds. The van der Waals surface area contributed by atoms with Crippen LogP contribution in [0.15, 0.2) is 53.5 Å². The molecule has 6 heteroatoms. The van der Waals surface area contributed by atoms with E-state index in [1.54, 1.807) is 22.7 Å². The number of carbonyl (C=O) groups excluding carboxylic acids is 1. The maximum atomic E-state index is 12.8. The maximum absolute atomic E-state index is 12.8. The molecule has 0 bridgehead atoms. The van der Waals surface area contributed by atoms with E-state index in [1.807, 2.05) is 32.9 Å². The van der Waals surface area contributed by atoms with Gasteiger partial charge in [0.1, 0.15) is 0 Å². The van der Waals surface area contributed by atoms with E-state index in [2.05, 4.69) is 53.3 Å². The molecule has 0 atom stereocenters. The van der Waals surface area contributed by atoms with E-state index >= 15 is 0 Å². The molecule has 5 aromatic rings. The highest BCUT2D eigenvalue weighted by molar-refractivity contribution is 7.24. The number of H-pyrrole nitrogens is 1. The Bertz CT molecular complexity index is 1780. The molecule has 3 aromatic heterocycles. The van der Waals surface area contributed by atoms with Crippen molar-refractivity contribution in [1.29, 1.82) is 0 Å². The quantitative estimate of drug-likeness (QED) is 0.335. The SMILES string of the molecule is Cc1ccc(C)c2c1=NC(=O)C=2c1ccc(-c2ccc(-c3c(O)[nH]c4c(C)ccc(C)c34)s2)s1. The average Bonchev–Trinajstić information content (AvgIpc) is 3.57. The molecule has 0 spiro atoms. The van der Waals surface area contributed by atoms with Gasteiger partial charge in [0.05, 0.1) is 22.0 Å². The summed E-state index contributed by atoms with van der Waals surface area (Å²) < 4.78 is 0. The first-order valence-electron chi connectivity index (χ1n) is 11.1. The van der Waals surface area contributed by atoms with Crippen molar-refractivity contribution in [2.24, 2.45) is 4.99 Å². The number of hydrogen-bond acceptors (Lipinski definition) is 4. The van der Waals surface area contributed by atoms with Gasteiger partial charge in [0, 0.05) is 30.1 Å².